The Morgan fingerprint density at radius 1 is 0.745 bits per heavy atom. The lowest BCUT2D eigenvalue weighted by Gasteiger charge is -2.45. The van der Waals surface area contributed by atoms with Gasteiger partial charge in [-0.15, -0.1) is 0 Å². The number of ether oxygens (including phenoxy) is 4. The standard InChI is InChI=1S/C18H20N2O6.C11H16N2O6.CH4O/c1-10-7-20(18(23)19-16(10)22)12-8-24-13-9-25-17(26-15(13)14(12)21)11-5-3-2-4-6-11;1-5-2-13(11(18)12-10(5)17)6-4-19-7(3-14)9(16)8(6)15;1-2/h2-7,12-15,17,21H,8-9H2,1H3,(H,19,22,23);2,6-9,14-16H,3-4H2,1H3,(H,12,17,18);2H,1H3/t12-,13-,14+,15-,17?;6-,7-,8+,9-;/m11./s1. The van der Waals surface area contributed by atoms with Crippen LogP contribution in [-0.2, 0) is 18.9 Å². The molecule has 2 aromatic heterocycles. The Morgan fingerprint density at radius 2 is 1.28 bits per heavy atom. The molecule has 3 aliphatic rings. The number of hydrogen-bond acceptors (Lipinski definition) is 13. The van der Waals surface area contributed by atoms with Gasteiger partial charge < -0.3 is 44.5 Å². The number of nitrogens with one attached hydrogen (secondary N) is 2. The number of aliphatic hydroxyl groups excluding tert-OH is 5. The quantitative estimate of drug-likeness (QED) is 0.151. The van der Waals surface area contributed by atoms with Crippen molar-refractivity contribution in [2.45, 2.75) is 68.8 Å². The first-order valence-electron chi connectivity index (χ1n) is 14.8. The first-order valence-corrected chi connectivity index (χ1v) is 14.8. The van der Waals surface area contributed by atoms with Gasteiger partial charge in [-0.05, 0) is 13.8 Å². The summed E-state index contributed by atoms with van der Waals surface area (Å²) in [6.45, 7) is 3.06. The normalized spacial score (nSPS) is 30.2. The maximum Gasteiger partial charge on any atom is 0.328 e. The second-order valence-corrected chi connectivity index (χ2v) is 11.2. The lowest BCUT2D eigenvalue weighted by molar-refractivity contribution is -0.306. The van der Waals surface area contributed by atoms with E-state index < -0.39 is 84.1 Å². The highest BCUT2D eigenvalue weighted by Gasteiger charge is 2.46. The average molecular weight is 665 g/mol. The van der Waals surface area contributed by atoms with Crippen LogP contribution in [-0.4, -0.2) is 115 Å². The fraction of sp³-hybridized carbons (Fsp3) is 0.533. The van der Waals surface area contributed by atoms with E-state index in [4.69, 9.17) is 29.2 Å². The first kappa shape index (κ1) is 36.1. The molecule has 3 aromatic rings. The Labute approximate surface area is 267 Å². The van der Waals surface area contributed by atoms with Crippen LogP contribution in [0.2, 0.25) is 0 Å². The Bertz CT molecular complexity index is 1700. The van der Waals surface area contributed by atoms with Gasteiger partial charge in [0.15, 0.2) is 6.29 Å². The molecule has 9 atom stereocenters. The van der Waals surface area contributed by atoms with Gasteiger partial charge in [0, 0.05) is 36.2 Å². The zero-order valence-electron chi connectivity index (χ0n) is 26.0. The Hall–Kier alpha value is -3.78. The van der Waals surface area contributed by atoms with Crippen LogP contribution >= 0.6 is 0 Å². The predicted molar refractivity (Wildman–Crippen MR) is 163 cm³/mol. The number of aliphatic hydroxyl groups is 5. The molecule has 0 radical (unpaired) electrons. The molecule has 7 N–H and O–H groups in total. The maximum atomic E-state index is 12.2. The van der Waals surface area contributed by atoms with Crippen molar-refractivity contribution in [3.8, 4) is 0 Å². The van der Waals surface area contributed by atoms with E-state index in [1.54, 1.807) is 6.92 Å². The number of rotatable bonds is 4. The zero-order chi connectivity index (χ0) is 34.4. The van der Waals surface area contributed by atoms with Crippen molar-refractivity contribution in [1.29, 1.82) is 0 Å². The molecule has 0 aliphatic carbocycles. The van der Waals surface area contributed by atoms with Gasteiger partial charge in [-0.2, -0.15) is 0 Å². The van der Waals surface area contributed by atoms with Gasteiger partial charge in [0.1, 0.15) is 36.6 Å². The van der Waals surface area contributed by atoms with Gasteiger partial charge in [-0.1, -0.05) is 30.3 Å². The molecule has 0 amide bonds. The summed E-state index contributed by atoms with van der Waals surface area (Å²) in [7, 11) is 1.00. The summed E-state index contributed by atoms with van der Waals surface area (Å²) in [6, 6.07) is 7.95. The number of aryl methyl sites for hydroxylation is 2. The fourth-order valence-corrected chi connectivity index (χ4v) is 5.50. The van der Waals surface area contributed by atoms with Gasteiger partial charge in [0.25, 0.3) is 11.1 Å². The van der Waals surface area contributed by atoms with E-state index in [0.29, 0.717) is 11.1 Å². The van der Waals surface area contributed by atoms with Gasteiger partial charge in [-0.25, -0.2) is 9.59 Å². The molecule has 1 aromatic carbocycles. The van der Waals surface area contributed by atoms with E-state index in [1.807, 2.05) is 30.3 Å². The van der Waals surface area contributed by atoms with Gasteiger partial charge in [0.05, 0.1) is 38.5 Å². The van der Waals surface area contributed by atoms with Crippen LogP contribution < -0.4 is 22.5 Å². The highest BCUT2D eigenvalue weighted by Crippen LogP contribution is 2.35. The van der Waals surface area contributed by atoms with Crippen molar-refractivity contribution in [3.63, 3.8) is 0 Å². The SMILES string of the molecule is CO.Cc1cn([C@@H]2CO[C@@H]3COC(c4ccccc4)O[C@H]3[C@H]2O)c(=O)[nH]c1=O.Cc1cn([C@@H]2CO[C@H](CO)[C@@H](O)[C@H]2O)c(=O)[nH]c1=O. The number of hydrogen-bond donors (Lipinski definition) is 7. The van der Waals surface area contributed by atoms with Crippen LogP contribution in [0.5, 0.6) is 0 Å². The molecular formula is C30H40N4O13. The van der Waals surface area contributed by atoms with Gasteiger partial charge in [0.2, 0.25) is 0 Å². The average Bonchev–Trinajstić information content (AvgIpc) is 3.08. The topological polar surface area (TPSA) is 248 Å². The molecule has 3 aliphatic heterocycles. The third-order valence-electron chi connectivity index (χ3n) is 8.14. The minimum Gasteiger partial charge on any atom is -0.400 e. The van der Waals surface area contributed by atoms with Crippen molar-refractivity contribution < 1.29 is 44.5 Å². The molecule has 258 valence electrons. The molecular weight excluding hydrogens is 624 g/mol. The van der Waals surface area contributed by atoms with E-state index in [2.05, 4.69) is 9.97 Å². The number of benzene rings is 1. The summed E-state index contributed by atoms with van der Waals surface area (Å²) in [5, 5.41) is 46.6. The molecule has 6 rings (SSSR count). The first-order chi connectivity index (χ1) is 22.5. The van der Waals surface area contributed by atoms with Crippen LogP contribution in [0.4, 0.5) is 0 Å². The number of aromatic nitrogens is 4. The Balaban J connectivity index is 0.000000212. The van der Waals surface area contributed by atoms with E-state index in [-0.39, 0.29) is 19.8 Å². The van der Waals surface area contributed by atoms with Crippen molar-refractivity contribution in [1.82, 2.24) is 19.1 Å². The number of aromatic amines is 2. The summed E-state index contributed by atoms with van der Waals surface area (Å²) >= 11 is 0. The fourth-order valence-electron chi connectivity index (χ4n) is 5.50. The monoisotopic (exact) mass is 664 g/mol. The van der Waals surface area contributed by atoms with Crippen molar-refractivity contribution in [3.05, 3.63) is 101 Å². The number of fused-ring (bicyclic) bond motifs is 1. The molecule has 17 nitrogen and oxygen atoms in total. The third-order valence-corrected chi connectivity index (χ3v) is 8.14. The van der Waals surface area contributed by atoms with Crippen molar-refractivity contribution >= 4 is 0 Å². The molecule has 1 unspecified atom stereocenters. The number of H-pyrrole nitrogens is 2. The summed E-state index contributed by atoms with van der Waals surface area (Å²) in [6.07, 6.45) is -3.36. The van der Waals surface area contributed by atoms with Crippen LogP contribution in [0.25, 0.3) is 0 Å². The lowest BCUT2D eigenvalue weighted by Crippen LogP contribution is -2.57. The molecule has 0 spiro atoms. The van der Waals surface area contributed by atoms with Crippen LogP contribution in [0.1, 0.15) is 35.1 Å². The van der Waals surface area contributed by atoms with Crippen LogP contribution in [0.3, 0.4) is 0 Å². The van der Waals surface area contributed by atoms with Gasteiger partial charge >= 0.3 is 11.4 Å². The predicted octanol–water partition coefficient (Wildman–Crippen LogP) is -2.63. The van der Waals surface area contributed by atoms with Crippen LogP contribution in [0, 0.1) is 13.8 Å². The highest BCUT2D eigenvalue weighted by atomic mass is 16.7. The van der Waals surface area contributed by atoms with E-state index in [1.165, 1.54) is 23.9 Å². The lowest BCUT2D eigenvalue weighted by atomic mass is 9.96. The van der Waals surface area contributed by atoms with E-state index >= 15 is 0 Å². The molecule has 3 fully saturated rings. The molecule has 0 saturated carbocycles. The zero-order valence-corrected chi connectivity index (χ0v) is 26.0. The smallest absolute Gasteiger partial charge is 0.328 e. The minimum atomic E-state index is -1.30. The largest absolute Gasteiger partial charge is 0.400 e. The van der Waals surface area contributed by atoms with Gasteiger partial charge in [-0.3, -0.25) is 28.7 Å². The van der Waals surface area contributed by atoms with Crippen LogP contribution in [0.15, 0.2) is 61.9 Å². The van der Waals surface area contributed by atoms with E-state index in [9.17, 15) is 34.5 Å². The second-order valence-electron chi connectivity index (χ2n) is 11.2. The Kier molecular flexibility index (Phi) is 12.2. The highest BCUT2D eigenvalue weighted by molar-refractivity contribution is 5.17. The molecule has 3 saturated heterocycles. The minimum absolute atomic E-state index is 0.0468. The van der Waals surface area contributed by atoms with Crippen molar-refractivity contribution in [2.24, 2.45) is 0 Å². The molecule has 0 bridgehead atoms. The molecule has 47 heavy (non-hydrogen) atoms. The summed E-state index contributed by atoms with van der Waals surface area (Å²) in [5.74, 6) is 0. The summed E-state index contributed by atoms with van der Waals surface area (Å²) in [5.41, 5.74) is -0.670. The Morgan fingerprint density at radius 3 is 1.83 bits per heavy atom. The molecule has 5 heterocycles. The van der Waals surface area contributed by atoms with Crippen molar-refractivity contribution in [2.75, 3.05) is 33.5 Å². The van der Waals surface area contributed by atoms with E-state index in [0.717, 1.165) is 17.2 Å². The number of nitrogens with zero attached hydrogens (tertiary/aromatic N) is 2. The third kappa shape index (κ3) is 7.86. The summed E-state index contributed by atoms with van der Waals surface area (Å²) in [4.78, 5) is 51.1. The maximum absolute atomic E-state index is 12.2. The second kappa shape index (κ2) is 15.9. The summed E-state index contributed by atoms with van der Waals surface area (Å²) < 4.78 is 25.0. The molecule has 17 heteroatoms.